The lowest BCUT2D eigenvalue weighted by Crippen LogP contribution is -2.25. The SMILES string of the molecule is COC(=O)C(C(=O)OC)c1ccc(Cl)cn1. The first-order chi connectivity index (χ1) is 7.60. The molecule has 0 aromatic carbocycles. The lowest BCUT2D eigenvalue weighted by Gasteiger charge is -2.11. The van der Waals surface area contributed by atoms with Gasteiger partial charge < -0.3 is 9.47 Å². The van der Waals surface area contributed by atoms with Crippen LogP contribution in [0, 0.1) is 0 Å². The average molecular weight is 244 g/mol. The van der Waals surface area contributed by atoms with Gasteiger partial charge in [0, 0.05) is 6.20 Å². The summed E-state index contributed by atoms with van der Waals surface area (Å²) < 4.78 is 9.01. The standard InChI is InChI=1S/C10H10ClNO4/c1-15-9(13)8(10(14)16-2)7-4-3-6(11)5-12-7/h3-5,8H,1-2H3. The van der Waals surface area contributed by atoms with Crippen molar-refractivity contribution in [3.8, 4) is 0 Å². The number of methoxy groups -OCH3 is 2. The quantitative estimate of drug-likeness (QED) is 0.589. The maximum atomic E-state index is 11.4. The molecule has 0 N–H and O–H groups in total. The van der Waals surface area contributed by atoms with Crippen molar-refractivity contribution >= 4 is 23.5 Å². The van der Waals surface area contributed by atoms with Gasteiger partial charge in [-0.15, -0.1) is 0 Å². The zero-order chi connectivity index (χ0) is 12.1. The molecule has 0 amide bonds. The molecule has 0 bridgehead atoms. The van der Waals surface area contributed by atoms with E-state index < -0.39 is 17.9 Å². The van der Waals surface area contributed by atoms with Gasteiger partial charge in [-0.3, -0.25) is 14.6 Å². The molecule has 6 heteroatoms. The summed E-state index contributed by atoms with van der Waals surface area (Å²) in [4.78, 5) is 26.7. The van der Waals surface area contributed by atoms with Crippen molar-refractivity contribution < 1.29 is 19.1 Å². The number of hydrogen-bond acceptors (Lipinski definition) is 5. The number of pyridine rings is 1. The predicted molar refractivity (Wildman–Crippen MR) is 56.0 cm³/mol. The Labute approximate surface area is 97.3 Å². The molecule has 0 atom stereocenters. The number of hydrogen-bond donors (Lipinski definition) is 0. The molecule has 5 nitrogen and oxygen atoms in total. The van der Waals surface area contributed by atoms with Gasteiger partial charge in [0.05, 0.1) is 24.9 Å². The highest BCUT2D eigenvalue weighted by Crippen LogP contribution is 2.18. The third kappa shape index (κ3) is 2.70. The normalized spacial score (nSPS) is 10.0. The summed E-state index contributed by atoms with van der Waals surface area (Å²) in [5.74, 6) is -2.62. The van der Waals surface area contributed by atoms with Crippen LogP contribution in [0.1, 0.15) is 11.6 Å². The van der Waals surface area contributed by atoms with Gasteiger partial charge in [0.1, 0.15) is 0 Å². The molecular weight excluding hydrogens is 234 g/mol. The minimum Gasteiger partial charge on any atom is -0.468 e. The van der Waals surface area contributed by atoms with Gasteiger partial charge in [-0.2, -0.15) is 0 Å². The minimum absolute atomic E-state index is 0.239. The number of carbonyl (C=O) groups is 2. The fourth-order valence-corrected chi connectivity index (χ4v) is 1.24. The van der Waals surface area contributed by atoms with Gasteiger partial charge in [-0.1, -0.05) is 11.6 Å². The van der Waals surface area contributed by atoms with E-state index in [4.69, 9.17) is 11.6 Å². The topological polar surface area (TPSA) is 65.5 Å². The van der Waals surface area contributed by atoms with Crippen molar-refractivity contribution in [2.24, 2.45) is 0 Å². The van der Waals surface area contributed by atoms with Gasteiger partial charge in [0.25, 0.3) is 0 Å². The van der Waals surface area contributed by atoms with E-state index in [2.05, 4.69) is 14.5 Å². The molecule has 1 aromatic heterocycles. The molecule has 1 heterocycles. The first-order valence-electron chi connectivity index (χ1n) is 4.37. The molecule has 0 saturated heterocycles. The van der Waals surface area contributed by atoms with Gasteiger partial charge in [-0.25, -0.2) is 0 Å². The smallest absolute Gasteiger partial charge is 0.326 e. The van der Waals surface area contributed by atoms with Crippen LogP contribution in [0.3, 0.4) is 0 Å². The van der Waals surface area contributed by atoms with Crippen molar-refractivity contribution in [2.45, 2.75) is 5.92 Å². The van der Waals surface area contributed by atoms with Crippen molar-refractivity contribution in [3.63, 3.8) is 0 Å². The molecule has 0 aliphatic rings. The lowest BCUT2D eigenvalue weighted by molar-refractivity contribution is -0.154. The van der Waals surface area contributed by atoms with Gasteiger partial charge in [0.15, 0.2) is 5.92 Å². The van der Waals surface area contributed by atoms with Crippen LogP contribution in [0.4, 0.5) is 0 Å². The second kappa shape index (κ2) is 5.46. The zero-order valence-electron chi connectivity index (χ0n) is 8.77. The molecular formula is C10H10ClNO4. The molecule has 0 unspecified atom stereocenters. The van der Waals surface area contributed by atoms with E-state index in [1.54, 1.807) is 0 Å². The minimum atomic E-state index is -1.17. The molecule has 0 saturated carbocycles. The van der Waals surface area contributed by atoms with Crippen LogP contribution in [0.2, 0.25) is 5.02 Å². The maximum absolute atomic E-state index is 11.4. The molecule has 1 aromatic rings. The highest BCUT2D eigenvalue weighted by Gasteiger charge is 2.31. The number of rotatable bonds is 3. The first kappa shape index (κ1) is 12.4. The van der Waals surface area contributed by atoms with Gasteiger partial charge in [-0.05, 0) is 12.1 Å². The summed E-state index contributed by atoms with van der Waals surface area (Å²) in [5.41, 5.74) is 0.239. The highest BCUT2D eigenvalue weighted by atomic mass is 35.5. The van der Waals surface area contributed by atoms with E-state index in [0.29, 0.717) is 5.02 Å². The fourth-order valence-electron chi connectivity index (χ4n) is 1.13. The Kier molecular flexibility index (Phi) is 4.25. The predicted octanol–water partition coefficient (Wildman–Crippen LogP) is 1.16. The maximum Gasteiger partial charge on any atom is 0.326 e. The summed E-state index contributed by atoms with van der Waals surface area (Å²) in [5, 5.41) is 0.414. The van der Waals surface area contributed by atoms with Crippen molar-refractivity contribution in [3.05, 3.63) is 29.0 Å². The molecule has 0 fully saturated rings. The molecule has 1 rings (SSSR count). The summed E-state index contributed by atoms with van der Waals surface area (Å²) in [7, 11) is 2.38. The van der Waals surface area contributed by atoms with Crippen LogP contribution in [0.5, 0.6) is 0 Å². The number of ether oxygens (including phenoxy) is 2. The molecule has 0 radical (unpaired) electrons. The Balaban J connectivity index is 3.06. The number of halogens is 1. The van der Waals surface area contributed by atoms with Crippen LogP contribution in [-0.4, -0.2) is 31.1 Å². The fraction of sp³-hybridized carbons (Fsp3) is 0.300. The Hall–Kier alpha value is -1.62. The van der Waals surface area contributed by atoms with Crippen molar-refractivity contribution in [1.29, 1.82) is 0 Å². The zero-order valence-corrected chi connectivity index (χ0v) is 9.52. The molecule has 86 valence electrons. The van der Waals surface area contributed by atoms with Crippen molar-refractivity contribution in [1.82, 2.24) is 4.98 Å². The number of esters is 2. The Bertz CT molecular complexity index is 374. The largest absolute Gasteiger partial charge is 0.468 e. The molecule has 0 spiro atoms. The van der Waals surface area contributed by atoms with Crippen molar-refractivity contribution in [2.75, 3.05) is 14.2 Å². The molecule has 0 aliphatic carbocycles. The molecule has 16 heavy (non-hydrogen) atoms. The van der Waals surface area contributed by atoms with Gasteiger partial charge in [0.2, 0.25) is 0 Å². The lowest BCUT2D eigenvalue weighted by atomic mass is 10.1. The Morgan fingerprint density at radius 2 is 1.81 bits per heavy atom. The van der Waals surface area contributed by atoms with E-state index >= 15 is 0 Å². The van der Waals surface area contributed by atoms with Crippen LogP contribution < -0.4 is 0 Å². The monoisotopic (exact) mass is 243 g/mol. The van der Waals surface area contributed by atoms with E-state index in [1.165, 1.54) is 32.5 Å². The Morgan fingerprint density at radius 1 is 1.25 bits per heavy atom. The third-order valence-electron chi connectivity index (χ3n) is 1.92. The van der Waals surface area contributed by atoms with Crippen LogP contribution in [-0.2, 0) is 19.1 Å². The van der Waals surface area contributed by atoms with Crippen LogP contribution in [0.25, 0.3) is 0 Å². The van der Waals surface area contributed by atoms with E-state index in [0.717, 1.165) is 0 Å². The highest BCUT2D eigenvalue weighted by molar-refractivity contribution is 6.30. The summed E-state index contributed by atoms with van der Waals surface area (Å²) in [6.07, 6.45) is 1.34. The average Bonchev–Trinajstić information content (AvgIpc) is 2.31. The van der Waals surface area contributed by atoms with E-state index in [9.17, 15) is 9.59 Å². The second-order valence-corrected chi connectivity index (χ2v) is 3.32. The van der Waals surface area contributed by atoms with Gasteiger partial charge >= 0.3 is 11.9 Å². The second-order valence-electron chi connectivity index (χ2n) is 2.88. The van der Waals surface area contributed by atoms with Crippen LogP contribution >= 0.6 is 11.6 Å². The first-order valence-corrected chi connectivity index (χ1v) is 4.75. The summed E-state index contributed by atoms with van der Waals surface area (Å²) >= 11 is 5.65. The Morgan fingerprint density at radius 3 is 2.19 bits per heavy atom. The van der Waals surface area contributed by atoms with E-state index in [-0.39, 0.29) is 5.69 Å². The number of carbonyl (C=O) groups excluding carboxylic acids is 2. The molecule has 0 aliphatic heterocycles. The van der Waals surface area contributed by atoms with Crippen LogP contribution in [0.15, 0.2) is 18.3 Å². The number of aromatic nitrogens is 1. The third-order valence-corrected chi connectivity index (χ3v) is 2.14. The van der Waals surface area contributed by atoms with E-state index in [1.807, 2.05) is 0 Å². The summed E-state index contributed by atoms with van der Waals surface area (Å²) in [6.45, 7) is 0. The number of nitrogens with zero attached hydrogens (tertiary/aromatic N) is 1. The summed E-state index contributed by atoms with van der Waals surface area (Å²) in [6, 6.07) is 3.00.